The molecule has 0 aliphatic rings. The molecule has 2 rings (SSSR count). The summed E-state index contributed by atoms with van der Waals surface area (Å²) in [5.41, 5.74) is -0.792. The Hall–Kier alpha value is -1.95. The van der Waals surface area contributed by atoms with Gasteiger partial charge in [0.15, 0.2) is 0 Å². The zero-order valence-electron chi connectivity index (χ0n) is 10.0. The van der Waals surface area contributed by atoms with Gasteiger partial charge in [-0.2, -0.15) is 13.2 Å². The maximum absolute atomic E-state index is 12.9. The van der Waals surface area contributed by atoms with Crippen LogP contribution in [0.15, 0.2) is 58.3 Å². The van der Waals surface area contributed by atoms with Gasteiger partial charge in [-0.3, -0.25) is 0 Å². The van der Waals surface area contributed by atoms with E-state index in [0.29, 0.717) is 0 Å². The molecule has 0 aliphatic heterocycles. The molecule has 0 atom stereocenters. The molecule has 0 amide bonds. The molecule has 104 valence electrons. The fraction of sp³-hybridized carbons (Fsp3) is 0.0714. The number of hydrogen-bond donors (Lipinski definition) is 1. The molecule has 2 aromatic carbocycles. The summed E-state index contributed by atoms with van der Waals surface area (Å²) in [7, 11) is 0. The van der Waals surface area contributed by atoms with Gasteiger partial charge < -0.3 is 5.11 Å². The van der Waals surface area contributed by atoms with Gasteiger partial charge in [0.1, 0.15) is 0 Å². The first kappa shape index (κ1) is 14.5. The van der Waals surface area contributed by atoms with E-state index in [9.17, 15) is 18.0 Å². The molecule has 6 heteroatoms. The molecule has 0 aromatic heterocycles. The summed E-state index contributed by atoms with van der Waals surface area (Å²) in [6.07, 6.45) is -4.47. The molecule has 2 nitrogen and oxygen atoms in total. The lowest BCUT2D eigenvalue weighted by molar-refractivity contribution is -0.139. The quantitative estimate of drug-likeness (QED) is 0.903. The molecule has 20 heavy (non-hydrogen) atoms. The predicted molar refractivity (Wildman–Crippen MR) is 69.0 cm³/mol. The van der Waals surface area contributed by atoms with Crippen LogP contribution in [0.2, 0.25) is 0 Å². The second-order valence-corrected chi connectivity index (χ2v) is 4.98. The number of benzene rings is 2. The number of rotatable bonds is 3. The number of aromatic carboxylic acids is 1. The fourth-order valence-corrected chi connectivity index (χ4v) is 2.73. The molecule has 0 heterocycles. The zero-order valence-corrected chi connectivity index (χ0v) is 10.8. The molecule has 0 unspecified atom stereocenters. The summed E-state index contributed by atoms with van der Waals surface area (Å²) in [6.45, 7) is 0. The van der Waals surface area contributed by atoms with E-state index in [-0.39, 0.29) is 15.4 Å². The van der Waals surface area contributed by atoms with Crippen molar-refractivity contribution in [1.29, 1.82) is 0 Å². The van der Waals surface area contributed by atoms with Crippen LogP contribution in [0.4, 0.5) is 13.2 Å². The molecule has 0 fully saturated rings. The standard InChI is InChI=1S/C14H9F3O2S/c15-14(16,17)10-6-2-4-8-12(10)20-11-7-3-1-5-9(11)13(18)19/h1-8H,(H,18,19). The zero-order chi connectivity index (χ0) is 14.8. The van der Waals surface area contributed by atoms with Crippen LogP contribution < -0.4 is 0 Å². The van der Waals surface area contributed by atoms with E-state index in [2.05, 4.69) is 0 Å². The number of carboxylic acid groups (broad SMARTS) is 1. The lowest BCUT2D eigenvalue weighted by atomic mass is 10.2. The van der Waals surface area contributed by atoms with Gasteiger partial charge in [0.25, 0.3) is 0 Å². The van der Waals surface area contributed by atoms with Gasteiger partial charge in [-0.1, -0.05) is 36.0 Å². The van der Waals surface area contributed by atoms with Crippen molar-refractivity contribution < 1.29 is 23.1 Å². The molecule has 2 aromatic rings. The molecule has 0 bridgehead atoms. The summed E-state index contributed by atoms with van der Waals surface area (Å²) in [5, 5.41) is 9.04. The Kier molecular flexibility index (Phi) is 4.04. The van der Waals surface area contributed by atoms with Crippen LogP contribution in [0.5, 0.6) is 0 Å². The van der Waals surface area contributed by atoms with Gasteiger partial charge >= 0.3 is 12.1 Å². The van der Waals surface area contributed by atoms with Gasteiger partial charge in [-0.15, -0.1) is 0 Å². The molecule has 0 saturated heterocycles. The summed E-state index contributed by atoms with van der Waals surface area (Å²) < 4.78 is 38.6. The second kappa shape index (κ2) is 5.58. The van der Waals surface area contributed by atoms with Crippen molar-refractivity contribution in [2.75, 3.05) is 0 Å². The molecule has 0 aliphatic carbocycles. The molecule has 0 spiro atoms. The molecule has 0 radical (unpaired) electrons. The van der Waals surface area contributed by atoms with E-state index < -0.39 is 17.7 Å². The number of alkyl halides is 3. The summed E-state index contributed by atoms with van der Waals surface area (Å²) in [4.78, 5) is 11.3. The van der Waals surface area contributed by atoms with Crippen LogP contribution in [0.25, 0.3) is 0 Å². The first-order chi connectivity index (χ1) is 9.39. The lowest BCUT2D eigenvalue weighted by Gasteiger charge is -2.12. The number of halogens is 3. The number of hydrogen-bond acceptors (Lipinski definition) is 2. The highest BCUT2D eigenvalue weighted by Crippen LogP contribution is 2.40. The first-order valence-electron chi connectivity index (χ1n) is 5.56. The van der Waals surface area contributed by atoms with E-state index in [1.807, 2.05) is 0 Å². The van der Waals surface area contributed by atoms with Crippen LogP contribution in [-0.2, 0) is 6.18 Å². The minimum Gasteiger partial charge on any atom is -0.478 e. The topological polar surface area (TPSA) is 37.3 Å². The van der Waals surface area contributed by atoms with E-state index in [0.717, 1.165) is 17.8 Å². The Balaban J connectivity index is 2.44. The van der Waals surface area contributed by atoms with Crippen molar-refractivity contribution in [2.45, 2.75) is 16.0 Å². The molecule has 1 N–H and O–H groups in total. The Morgan fingerprint density at radius 2 is 1.50 bits per heavy atom. The Bertz CT molecular complexity index is 638. The maximum atomic E-state index is 12.9. The average molecular weight is 298 g/mol. The molecule has 0 saturated carbocycles. The van der Waals surface area contributed by atoms with Gasteiger partial charge in [0.05, 0.1) is 11.1 Å². The fourth-order valence-electron chi connectivity index (χ4n) is 1.64. The third-order valence-corrected chi connectivity index (χ3v) is 3.68. The van der Waals surface area contributed by atoms with Crippen LogP contribution in [-0.4, -0.2) is 11.1 Å². The van der Waals surface area contributed by atoms with Gasteiger partial charge in [-0.05, 0) is 24.3 Å². The Labute approximate surface area is 117 Å². The van der Waals surface area contributed by atoms with E-state index in [1.165, 1.54) is 36.4 Å². The third kappa shape index (κ3) is 3.14. The Morgan fingerprint density at radius 3 is 2.10 bits per heavy atom. The minimum atomic E-state index is -4.47. The van der Waals surface area contributed by atoms with Crippen LogP contribution >= 0.6 is 11.8 Å². The molecular weight excluding hydrogens is 289 g/mol. The molecular formula is C14H9F3O2S. The summed E-state index contributed by atoms with van der Waals surface area (Å²) >= 11 is 0.795. The highest BCUT2D eigenvalue weighted by atomic mass is 32.2. The van der Waals surface area contributed by atoms with Crippen LogP contribution in [0.3, 0.4) is 0 Å². The predicted octanol–water partition coefficient (Wildman–Crippen LogP) is 4.55. The second-order valence-electron chi connectivity index (χ2n) is 3.90. The van der Waals surface area contributed by atoms with Gasteiger partial charge in [0, 0.05) is 9.79 Å². The van der Waals surface area contributed by atoms with E-state index in [1.54, 1.807) is 6.07 Å². The van der Waals surface area contributed by atoms with Gasteiger partial charge in [0.2, 0.25) is 0 Å². The Morgan fingerprint density at radius 1 is 0.950 bits per heavy atom. The number of carboxylic acids is 1. The average Bonchev–Trinajstić information content (AvgIpc) is 2.38. The SMILES string of the molecule is O=C(O)c1ccccc1Sc1ccccc1C(F)(F)F. The van der Waals surface area contributed by atoms with Crippen LogP contribution in [0, 0.1) is 0 Å². The summed E-state index contributed by atoms with van der Waals surface area (Å²) in [5.74, 6) is -1.17. The van der Waals surface area contributed by atoms with Crippen molar-refractivity contribution in [3.8, 4) is 0 Å². The highest BCUT2D eigenvalue weighted by Gasteiger charge is 2.33. The summed E-state index contributed by atoms with van der Waals surface area (Å²) in [6, 6.07) is 11.1. The number of carbonyl (C=O) groups is 1. The van der Waals surface area contributed by atoms with Gasteiger partial charge in [-0.25, -0.2) is 4.79 Å². The maximum Gasteiger partial charge on any atom is 0.417 e. The van der Waals surface area contributed by atoms with E-state index >= 15 is 0 Å². The highest BCUT2D eigenvalue weighted by molar-refractivity contribution is 7.99. The minimum absolute atomic E-state index is 0.0190. The van der Waals surface area contributed by atoms with Crippen molar-refractivity contribution in [2.24, 2.45) is 0 Å². The normalized spacial score (nSPS) is 11.3. The van der Waals surface area contributed by atoms with Crippen molar-refractivity contribution in [1.82, 2.24) is 0 Å². The first-order valence-corrected chi connectivity index (χ1v) is 6.37. The van der Waals surface area contributed by atoms with Crippen molar-refractivity contribution in [3.63, 3.8) is 0 Å². The monoisotopic (exact) mass is 298 g/mol. The lowest BCUT2D eigenvalue weighted by Crippen LogP contribution is -2.06. The van der Waals surface area contributed by atoms with E-state index in [4.69, 9.17) is 5.11 Å². The van der Waals surface area contributed by atoms with Crippen molar-refractivity contribution >= 4 is 17.7 Å². The van der Waals surface area contributed by atoms with Crippen molar-refractivity contribution in [3.05, 3.63) is 59.7 Å². The largest absolute Gasteiger partial charge is 0.478 e. The smallest absolute Gasteiger partial charge is 0.417 e. The van der Waals surface area contributed by atoms with Crippen LogP contribution in [0.1, 0.15) is 15.9 Å². The third-order valence-electron chi connectivity index (χ3n) is 2.53.